The van der Waals surface area contributed by atoms with Crippen molar-refractivity contribution in [2.24, 2.45) is 7.05 Å². The number of aliphatic hydroxyl groups excluding tert-OH is 1. The van der Waals surface area contributed by atoms with Crippen LogP contribution >= 0.6 is 23.5 Å². The molecule has 0 unspecified atom stereocenters. The van der Waals surface area contributed by atoms with Crippen LogP contribution in [0.3, 0.4) is 0 Å². The number of aryl methyl sites for hydroxylation is 1. The van der Waals surface area contributed by atoms with Gasteiger partial charge >= 0.3 is 29.6 Å². The number of tetrazole rings is 1. The number of thioether (sulfide) groups is 2. The summed E-state index contributed by atoms with van der Waals surface area (Å²) >= 11 is 2.69. The van der Waals surface area contributed by atoms with Gasteiger partial charge in [-0.1, -0.05) is 23.5 Å². The van der Waals surface area contributed by atoms with Crippen molar-refractivity contribution in [3.63, 3.8) is 0 Å². The van der Waals surface area contributed by atoms with E-state index in [1.807, 2.05) is 0 Å². The molecular weight excluding hydrogens is 365 g/mol. The number of amides is 1. The number of aliphatic carboxylic acids is 1. The van der Waals surface area contributed by atoms with E-state index in [4.69, 9.17) is 0 Å². The molecule has 1 saturated heterocycles. The molecule has 0 saturated carbocycles. The van der Waals surface area contributed by atoms with E-state index >= 15 is 0 Å². The molecule has 2 atom stereocenters. The van der Waals surface area contributed by atoms with Gasteiger partial charge in [0, 0.05) is 17.7 Å². The van der Waals surface area contributed by atoms with Crippen LogP contribution in [0.1, 0.15) is 19.8 Å². The standard InChI is InChI=1S/C12H15N5O4S2.Na/c1-12-8(18)9(19)17(12)7(10(20)21)6(23-12)4-3-5-22-11-13-14-15-16(11)2;/h8,18H,3-5H2,1-2H3,(H,20,21);/q;+1/p-1/t8-,12+;/m0./s1. The maximum atomic E-state index is 11.7. The molecule has 1 N–H and O–H groups in total. The molecule has 124 valence electrons. The van der Waals surface area contributed by atoms with Crippen LogP contribution in [0.5, 0.6) is 0 Å². The molecule has 24 heavy (non-hydrogen) atoms. The number of aromatic nitrogens is 4. The Morgan fingerprint density at radius 2 is 2.25 bits per heavy atom. The van der Waals surface area contributed by atoms with Crippen LogP contribution in [-0.4, -0.2) is 58.8 Å². The van der Waals surface area contributed by atoms with Crippen LogP contribution < -0.4 is 34.7 Å². The average Bonchev–Trinajstić information content (AvgIpc) is 3.03. The number of hydrogen-bond acceptors (Lipinski definition) is 9. The van der Waals surface area contributed by atoms with Crippen LogP contribution in [0.15, 0.2) is 15.8 Å². The summed E-state index contributed by atoms with van der Waals surface area (Å²) < 4.78 is 1.56. The predicted molar refractivity (Wildman–Crippen MR) is 79.6 cm³/mol. The summed E-state index contributed by atoms with van der Waals surface area (Å²) in [5, 5.41) is 33.0. The number of rotatable bonds is 6. The Labute approximate surface area is 168 Å². The zero-order valence-electron chi connectivity index (χ0n) is 13.4. The number of nitrogens with zero attached hydrogens (tertiary/aromatic N) is 5. The summed E-state index contributed by atoms with van der Waals surface area (Å²) in [4.78, 5) is 23.9. The molecule has 9 nitrogen and oxygen atoms in total. The summed E-state index contributed by atoms with van der Waals surface area (Å²) in [5.41, 5.74) is -0.113. The number of carbonyl (C=O) groups is 2. The average molecular weight is 379 g/mol. The third kappa shape index (κ3) is 3.13. The van der Waals surface area contributed by atoms with Crippen LogP contribution in [0, 0.1) is 0 Å². The summed E-state index contributed by atoms with van der Waals surface area (Å²) in [6.45, 7) is 1.65. The maximum absolute atomic E-state index is 11.7. The van der Waals surface area contributed by atoms with Crippen molar-refractivity contribution in [2.45, 2.75) is 35.9 Å². The number of fused-ring (bicyclic) bond motifs is 1. The van der Waals surface area contributed by atoms with Crippen molar-refractivity contribution in [3.05, 3.63) is 10.6 Å². The minimum absolute atomic E-state index is 0. The quantitative estimate of drug-likeness (QED) is 0.226. The molecular formula is C12H14N5NaO4S2. The molecule has 0 bridgehead atoms. The van der Waals surface area contributed by atoms with E-state index in [0.29, 0.717) is 28.7 Å². The Morgan fingerprint density at radius 1 is 1.54 bits per heavy atom. The minimum Gasteiger partial charge on any atom is -0.543 e. The van der Waals surface area contributed by atoms with Gasteiger partial charge in [-0.3, -0.25) is 9.69 Å². The molecule has 2 aliphatic heterocycles. The van der Waals surface area contributed by atoms with E-state index in [2.05, 4.69) is 15.5 Å². The van der Waals surface area contributed by atoms with Crippen molar-refractivity contribution in [1.29, 1.82) is 0 Å². The van der Waals surface area contributed by atoms with Crippen molar-refractivity contribution >= 4 is 35.4 Å². The summed E-state index contributed by atoms with van der Waals surface area (Å²) in [6.07, 6.45) is -0.0122. The largest absolute Gasteiger partial charge is 1.00 e. The van der Waals surface area contributed by atoms with E-state index in [-0.39, 0.29) is 35.3 Å². The summed E-state index contributed by atoms with van der Waals surface area (Å²) in [5.74, 6) is -1.28. The first-order valence-electron chi connectivity index (χ1n) is 6.87. The van der Waals surface area contributed by atoms with Gasteiger partial charge in [0.05, 0.1) is 11.7 Å². The molecule has 1 aromatic heterocycles. The number of hydrogen-bond donors (Lipinski definition) is 1. The van der Waals surface area contributed by atoms with Gasteiger partial charge in [-0.2, -0.15) is 0 Å². The molecule has 3 rings (SSSR count). The fourth-order valence-corrected chi connectivity index (χ4v) is 4.89. The van der Waals surface area contributed by atoms with Gasteiger partial charge in [0.2, 0.25) is 5.16 Å². The zero-order chi connectivity index (χ0) is 16.8. The molecule has 0 aliphatic carbocycles. The fourth-order valence-electron chi connectivity index (χ4n) is 2.60. The first-order valence-corrected chi connectivity index (χ1v) is 8.67. The third-order valence-electron chi connectivity index (χ3n) is 3.78. The first kappa shape index (κ1) is 19.7. The van der Waals surface area contributed by atoms with Gasteiger partial charge in [0.15, 0.2) is 6.10 Å². The Bertz CT molecular complexity index is 711. The topological polar surface area (TPSA) is 124 Å². The van der Waals surface area contributed by atoms with Gasteiger partial charge in [0.25, 0.3) is 5.91 Å². The van der Waals surface area contributed by atoms with Crippen molar-refractivity contribution < 1.29 is 49.4 Å². The molecule has 2 aliphatic rings. The number of carbonyl (C=O) groups excluding carboxylic acids is 2. The third-order valence-corrected chi connectivity index (χ3v) is 6.34. The van der Waals surface area contributed by atoms with Crippen LogP contribution in [0.25, 0.3) is 0 Å². The van der Waals surface area contributed by atoms with Gasteiger partial charge in [0.1, 0.15) is 4.87 Å². The number of carboxylic acids is 1. The second-order valence-corrected chi connectivity index (χ2v) is 7.91. The van der Waals surface area contributed by atoms with Gasteiger partial charge in [-0.25, -0.2) is 4.68 Å². The molecule has 1 amide bonds. The molecule has 0 radical (unpaired) electrons. The minimum atomic E-state index is -1.39. The Balaban J connectivity index is 0.00000208. The van der Waals surface area contributed by atoms with E-state index in [9.17, 15) is 19.8 Å². The first-order chi connectivity index (χ1) is 10.9. The summed E-state index contributed by atoms with van der Waals surface area (Å²) in [7, 11) is 1.74. The Morgan fingerprint density at radius 3 is 2.83 bits per heavy atom. The Hall–Kier alpha value is -0.590. The zero-order valence-corrected chi connectivity index (χ0v) is 17.1. The predicted octanol–water partition coefficient (Wildman–Crippen LogP) is -4.29. The molecule has 3 heterocycles. The fraction of sp³-hybridized carbons (Fsp3) is 0.583. The molecule has 12 heteroatoms. The maximum Gasteiger partial charge on any atom is 1.00 e. The van der Waals surface area contributed by atoms with Crippen molar-refractivity contribution in [1.82, 2.24) is 25.1 Å². The number of β-lactam (4-membered cyclic amide) rings is 1. The normalized spacial score (nSPS) is 25.4. The second kappa shape index (κ2) is 7.34. The monoisotopic (exact) mass is 379 g/mol. The molecule has 0 spiro atoms. The number of carboxylic acid groups (broad SMARTS) is 1. The van der Waals surface area contributed by atoms with E-state index in [0.717, 1.165) is 4.90 Å². The van der Waals surface area contributed by atoms with E-state index in [1.165, 1.54) is 23.5 Å². The van der Waals surface area contributed by atoms with Gasteiger partial charge < -0.3 is 15.0 Å². The van der Waals surface area contributed by atoms with Crippen LogP contribution in [0.2, 0.25) is 0 Å². The number of aliphatic hydroxyl groups is 1. The molecule has 1 aromatic rings. The van der Waals surface area contributed by atoms with Gasteiger partial charge in [-0.15, -0.1) is 5.10 Å². The van der Waals surface area contributed by atoms with E-state index < -0.39 is 22.9 Å². The van der Waals surface area contributed by atoms with Crippen molar-refractivity contribution in [2.75, 3.05) is 5.75 Å². The smallest absolute Gasteiger partial charge is 0.543 e. The number of allylic oxidation sites excluding steroid dienone is 1. The second-order valence-electron chi connectivity index (χ2n) is 5.33. The van der Waals surface area contributed by atoms with Crippen molar-refractivity contribution in [3.8, 4) is 0 Å². The SMILES string of the molecule is Cn1nnnc1SCCCC1=C(C(=O)[O-])N2C(=O)[C@H](O)[C@@]2(C)S1.[Na+]. The van der Waals surface area contributed by atoms with E-state index in [1.54, 1.807) is 18.7 Å². The Kier molecular flexibility index (Phi) is 6.03. The van der Waals surface area contributed by atoms with Crippen LogP contribution in [0.4, 0.5) is 0 Å². The summed E-state index contributed by atoms with van der Waals surface area (Å²) in [6, 6.07) is 0. The molecule has 1 fully saturated rings. The van der Waals surface area contributed by atoms with Crippen LogP contribution in [-0.2, 0) is 16.6 Å². The molecule has 0 aromatic carbocycles. The van der Waals surface area contributed by atoms with Gasteiger partial charge in [-0.05, 0) is 30.2 Å².